The summed E-state index contributed by atoms with van der Waals surface area (Å²) < 4.78 is 0. The van der Waals surface area contributed by atoms with Crippen molar-refractivity contribution in [1.29, 1.82) is 0 Å². The predicted octanol–water partition coefficient (Wildman–Crippen LogP) is 2.41. The molecule has 4 heteroatoms. The maximum atomic E-state index is 4.37. The fourth-order valence-corrected chi connectivity index (χ4v) is 3.46. The molecule has 0 spiro atoms. The Morgan fingerprint density at radius 2 is 2.24 bits per heavy atom. The summed E-state index contributed by atoms with van der Waals surface area (Å²) in [6.07, 6.45) is 4.94. The van der Waals surface area contributed by atoms with Crippen molar-refractivity contribution in [2.45, 2.75) is 39.8 Å². The summed E-state index contributed by atoms with van der Waals surface area (Å²) in [5, 5.41) is 3.59. The van der Waals surface area contributed by atoms with Crippen molar-refractivity contribution in [3.63, 3.8) is 0 Å². The quantitative estimate of drug-likeness (QED) is 0.895. The summed E-state index contributed by atoms with van der Waals surface area (Å²) in [5.74, 6) is 2.48. The van der Waals surface area contributed by atoms with E-state index < -0.39 is 0 Å². The number of aryl methyl sites for hydroxylation is 1. The van der Waals surface area contributed by atoms with Gasteiger partial charge in [-0.15, -0.1) is 0 Å². The van der Waals surface area contributed by atoms with Gasteiger partial charge in [-0.05, 0) is 24.5 Å². The molecule has 1 fully saturated rings. The van der Waals surface area contributed by atoms with Gasteiger partial charge in [0.15, 0.2) is 0 Å². The van der Waals surface area contributed by atoms with Gasteiger partial charge in [0.2, 0.25) is 0 Å². The third-order valence-electron chi connectivity index (χ3n) is 3.02. The molecule has 0 aromatic carbocycles. The van der Waals surface area contributed by atoms with Gasteiger partial charge >= 0.3 is 0 Å². The van der Waals surface area contributed by atoms with Gasteiger partial charge in [-0.1, -0.05) is 13.8 Å². The molecule has 3 nitrogen and oxygen atoms in total. The predicted molar refractivity (Wildman–Crippen MR) is 73.1 cm³/mol. The smallest absolute Gasteiger partial charge is 0.0724 e. The van der Waals surface area contributed by atoms with Crippen LogP contribution in [-0.4, -0.2) is 27.5 Å². The van der Waals surface area contributed by atoms with Crippen LogP contribution in [0.25, 0.3) is 0 Å². The summed E-state index contributed by atoms with van der Waals surface area (Å²) in [6, 6.07) is 0.604. The normalized spacial score (nSPS) is 23.6. The first-order valence-electron chi connectivity index (χ1n) is 6.14. The van der Waals surface area contributed by atoms with Crippen LogP contribution in [0, 0.1) is 12.3 Å². The van der Waals surface area contributed by atoms with Crippen molar-refractivity contribution in [3.8, 4) is 0 Å². The Kier molecular flexibility index (Phi) is 4.05. The van der Waals surface area contributed by atoms with Crippen LogP contribution in [0.2, 0.25) is 0 Å². The molecule has 1 aliphatic heterocycles. The number of thioether (sulfide) groups is 1. The molecule has 1 unspecified atom stereocenters. The van der Waals surface area contributed by atoms with E-state index in [4.69, 9.17) is 0 Å². The molecule has 0 bridgehead atoms. The fraction of sp³-hybridized carbons (Fsp3) is 0.692. The fourth-order valence-electron chi connectivity index (χ4n) is 2.15. The topological polar surface area (TPSA) is 37.8 Å². The average Bonchev–Trinajstić information content (AvgIpc) is 2.27. The number of nitrogens with one attached hydrogen (secondary N) is 1. The van der Waals surface area contributed by atoms with Gasteiger partial charge in [-0.2, -0.15) is 11.8 Å². The number of rotatable bonds is 3. The molecule has 1 saturated heterocycles. The van der Waals surface area contributed by atoms with E-state index in [-0.39, 0.29) is 0 Å². The SMILES string of the molecule is Cc1cnc(CNC2CSCC(C)(C)C2)cn1. The highest BCUT2D eigenvalue weighted by Crippen LogP contribution is 2.33. The maximum absolute atomic E-state index is 4.37. The second kappa shape index (κ2) is 5.36. The van der Waals surface area contributed by atoms with Gasteiger partial charge in [-0.3, -0.25) is 9.97 Å². The minimum absolute atomic E-state index is 0.458. The largest absolute Gasteiger partial charge is 0.307 e. The molecular formula is C13H21N3S. The van der Waals surface area contributed by atoms with Crippen LogP contribution in [0.5, 0.6) is 0 Å². The van der Waals surface area contributed by atoms with Gasteiger partial charge in [0.25, 0.3) is 0 Å². The maximum Gasteiger partial charge on any atom is 0.0724 e. The summed E-state index contributed by atoms with van der Waals surface area (Å²) in [5.41, 5.74) is 2.46. The van der Waals surface area contributed by atoms with Crippen LogP contribution in [0.1, 0.15) is 31.7 Å². The van der Waals surface area contributed by atoms with Crippen LogP contribution in [0.15, 0.2) is 12.4 Å². The zero-order valence-electron chi connectivity index (χ0n) is 10.9. The van der Waals surface area contributed by atoms with Crippen LogP contribution in [-0.2, 0) is 6.54 Å². The molecule has 0 saturated carbocycles. The first-order chi connectivity index (χ1) is 8.05. The molecule has 94 valence electrons. The number of hydrogen-bond donors (Lipinski definition) is 1. The second-order valence-corrected chi connectivity index (χ2v) is 6.64. The van der Waals surface area contributed by atoms with E-state index in [1.807, 2.05) is 31.1 Å². The van der Waals surface area contributed by atoms with Gasteiger partial charge in [0.05, 0.1) is 11.4 Å². The zero-order chi connectivity index (χ0) is 12.3. The van der Waals surface area contributed by atoms with Crippen molar-refractivity contribution in [2.24, 2.45) is 5.41 Å². The lowest BCUT2D eigenvalue weighted by Gasteiger charge is -2.35. The molecule has 0 amide bonds. The van der Waals surface area contributed by atoms with E-state index in [0.29, 0.717) is 11.5 Å². The Morgan fingerprint density at radius 1 is 1.41 bits per heavy atom. The molecule has 2 rings (SSSR count). The number of aromatic nitrogens is 2. The second-order valence-electron chi connectivity index (χ2n) is 5.61. The highest BCUT2D eigenvalue weighted by molar-refractivity contribution is 7.99. The monoisotopic (exact) mass is 251 g/mol. The van der Waals surface area contributed by atoms with Crippen molar-refractivity contribution in [1.82, 2.24) is 15.3 Å². The minimum atomic E-state index is 0.458. The summed E-state index contributed by atoms with van der Waals surface area (Å²) in [6.45, 7) is 7.48. The molecule has 1 N–H and O–H groups in total. The minimum Gasteiger partial charge on any atom is -0.307 e. The molecule has 1 aliphatic rings. The molecule has 1 aromatic heterocycles. The van der Waals surface area contributed by atoms with Gasteiger partial charge < -0.3 is 5.32 Å². The Bertz CT molecular complexity index is 361. The highest BCUT2D eigenvalue weighted by atomic mass is 32.2. The van der Waals surface area contributed by atoms with Crippen molar-refractivity contribution < 1.29 is 0 Å². The first kappa shape index (κ1) is 12.8. The van der Waals surface area contributed by atoms with Crippen LogP contribution in [0.3, 0.4) is 0 Å². The van der Waals surface area contributed by atoms with Crippen LogP contribution in [0.4, 0.5) is 0 Å². The van der Waals surface area contributed by atoms with Gasteiger partial charge in [-0.25, -0.2) is 0 Å². The van der Waals surface area contributed by atoms with Crippen molar-refractivity contribution >= 4 is 11.8 Å². The van der Waals surface area contributed by atoms with Gasteiger partial charge in [0, 0.05) is 30.7 Å². The third kappa shape index (κ3) is 3.96. The van der Waals surface area contributed by atoms with Gasteiger partial charge in [0.1, 0.15) is 0 Å². The molecule has 0 radical (unpaired) electrons. The van der Waals surface area contributed by atoms with E-state index in [9.17, 15) is 0 Å². The highest BCUT2D eigenvalue weighted by Gasteiger charge is 2.27. The lowest BCUT2D eigenvalue weighted by atomic mass is 9.88. The lowest BCUT2D eigenvalue weighted by Crippen LogP contribution is -2.40. The Labute approximate surface area is 108 Å². The Morgan fingerprint density at radius 3 is 2.88 bits per heavy atom. The number of hydrogen-bond acceptors (Lipinski definition) is 4. The van der Waals surface area contributed by atoms with E-state index in [1.165, 1.54) is 17.9 Å². The Hall–Kier alpha value is -0.610. The molecule has 2 heterocycles. The summed E-state index contributed by atoms with van der Waals surface area (Å²) in [4.78, 5) is 8.63. The summed E-state index contributed by atoms with van der Waals surface area (Å²) >= 11 is 2.05. The van der Waals surface area contributed by atoms with E-state index in [1.54, 1.807) is 0 Å². The molecule has 0 aliphatic carbocycles. The standard InChI is InChI=1S/C13H21N3S/c1-10-5-15-12(6-14-10)7-16-11-4-13(2,3)9-17-8-11/h5-6,11,16H,4,7-9H2,1-3H3. The van der Waals surface area contributed by atoms with Crippen LogP contribution >= 0.6 is 11.8 Å². The van der Waals surface area contributed by atoms with E-state index in [0.717, 1.165) is 17.9 Å². The lowest BCUT2D eigenvalue weighted by molar-refractivity contribution is 0.316. The molecule has 1 atom stereocenters. The average molecular weight is 251 g/mol. The van der Waals surface area contributed by atoms with E-state index in [2.05, 4.69) is 29.1 Å². The van der Waals surface area contributed by atoms with Crippen molar-refractivity contribution in [2.75, 3.05) is 11.5 Å². The summed E-state index contributed by atoms with van der Waals surface area (Å²) in [7, 11) is 0. The van der Waals surface area contributed by atoms with Crippen LogP contribution < -0.4 is 5.32 Å². The molecule has 17 heavy (non-hydrogen) atoms. The molecule has 1 aromatic rings. The zero-order valence-corrected chi connectivity index (χ0v) is 11.7. The molecular weight excluding hydrogens is 230 g/mol. The number of nitrogens with zero attached hydrogens (tertiary/aromatic N) is 2. The third-order valence-corrected chi connectivity index (χ3v) is 4.64. The Balaban J connectivity index is 1.84. The van der Waals surface area contributed by atoms with Crippen molar-refractivity contribution in [3.05, 3.63) is 23.8 Å². The van der Waals surface area contributed by atoms with E-state index >= 15 is 0 Å². The first-order valence-corrected chi connectivity index (χ1v) is 7.29.